The summed E-state index contributed by atoms with van der Waals surface area (Å²) in [6.45, 7) is 6.73. The van der Waals surface area contributed by atoms with E-state index in [4.69, 9.17) is 5.73 Å². The van der Waals surface area contributed by atoms with Crippen molar-refractivity contribution in [2.45, 2.75) is 33.2 Å². The van der Waals surface area contributed by atoms with E-state index in [1.807, 2.05) is 18.2 Å². The molecule has 0 spiro atoms. The van der Waals surface area contributed by atoms with Crippen molar-refractivity contribution in [2.24, 2.45) is 11.3 Å². The molecule has 1 saturated carbocycles. The number of anilines is 1. The highest BCUT2D eigenvalue weighted by molar-refractivity contribution is 5.40. The Labute approximate surface area is 98.2 Å². The minimum atomic E-state index is 0.584. The predicted octanol–water partition coefficient (Wildman–Crippen LogP) is 2.79. The summed E-state index contributed by atoms with van der Waals surface area (Å²) in [7, 11) is 0. The van der Waals surface area contributed by atoms with E-state index in [0.29, 0.717) is 5.41 Å². The van der Waals surface area contributed by atoms with Gasteiger partial charge in [0.1, 0.15) is 0 Å². The molecule has 0 atom stereocenters. The van der Waals surface area contributed by atoms with E-state index in [0.717, 1.165) is 24.7 Å². The minimum Gasteiger partial charge on any atom is -0.399 e. The van der Waals surface area contributed by atoms with Gasteiger partial charge in [-0.25, -0.2) is 0 Å². The molecule has 16 heavy (non-hydrogen) atoms. The van der Waals surface area contributed by atoms with Crippen molar-refractivity contribution in [1.82, 2.24) is 5.32 Å². The standard InChI is InChI=1S/C14H22N2/c1-11(2)14(6-7-14)10-16-9-12-4-3-5-13(15)8-12/h3-5,8,11,16H,6-7,9-10,15H2,1-2H3. The van der Waals surface area contributed by atoms with Crippen molar-refractivity contribution in [2.75, 3.05) is 12.3 Å². The van der Waals surface area contributed by atoms with E-state index in [1.165, 1.54) is 18.4 Å². The quantitative estimate of drug-likeness (QED) is 0.746. The molecule has 3 N–H and O–H groups in total. The number of nitrogens with two attached hydrogens (primary N) is 1. The Morgan fingerprint density at radius 3 is 2.69 bits per heavy atom. The molecule has 0 saturated heterocycles. The van der Waals surface area contributed by atoms with E-state index < -0.39 is 0 Å². The van der Waals surface area contributed by atoms with Crippen LogP contribution in [0.2, 0.25) is 0 Å². The van der Waals surface area contributed by atoms with Gasteiger partial charge >= 0.3 is 0 Å². The molecule has 1 aromatic rings. The number of hydrogen-bond acceptors (Lipinski definition) is 2. The molecule has 88 valence electrons. The molecule has 2 rings (SSSR count). The number of nitrogen functional groups attached to an aromatic ring is 1. The van der Waals surface area contributed by atoms with Gasteiger partial charge in [-0.2, -0.15) is 0 Å². The van der Waals surface area contributed by atoms with Gasteiger partial charge in [0.2, 0.25) is 0 Å². The van der Waals surface area contributed by atoms with Crippen LogP contribution in [0.15, 0.2) is 24.3 Å². The zero-order chi connectivity index (χ0) is 11.6. The van der Waals surface area contributed by atoms with Crippen LogP contribution >= 0.6 is 0 Å². The lowest BCUT2D eigenvalue weighted by molar-refractivity contribution is 0.338. The van der Waals surface area contributed by atoms with Gasteiger partial charge in [0.05, 0.1) is 0 Å². The van der Waals surface area contributed by atoms with Crippen LogP contribution in [0.3, 0.4) is 0 Å². The zero-order valence-electron chi connectivity index (χ0n) is 10.3. The van der Waals surface area contributed by atoms with Gasteiger partial charge < -0.3 is 11.1 Å². The molecule has 2 heteroatoms. The molecule has 1 aromatic carbocycles. The van der Waals surface area contributed by atoms with Crippen molar-refractivity contribution in [3.63, 3.8) is 0 Å². The van der Waals surface area contributed by atoms with Crippen LogP contribution in [0, 0.1) is 11.3 Å². The SMILES string of the molecule is CC(C)C1(CNCc2cccc(N)c2)CC1. The maximum absolute atomic E-state index is 5.75. The fraction of sp³-hybridized carbons (Fsp3) is 0.571. The molecule has 0 radical (unpaired) electrons. The zero-order valence-corrected chi connectivity index (χ0v) is 10.3. The van der Waals surface area contributed by atoms with Gasteiger partial charge in [0.25, 0.3) is 0 Å². The van der Waals surface area contributed by atoms with E-state index in [2.05, 4.69) is 25.2 Å². The summed E-state index contributed by atoms with van der Waals surface area (Å²) in [5.41, 5.74) is 8.46. The first-order valence-corrected chi connectivity index (χ1v) is 6.17. The molecule has 0 amide bonds. The van der Waals surface area contributed by atoms with Gasteiger partial charge in [-0.05, 0) is 41.9 Å². The second-order valence-corrected chi connectivity index (χ2v) is 5.37. The van der Waals surface area contributed by atoms with Gasteiger partial charge in [0, 0.05) is 18.8 Å². The van der Waals surface area contributed by atoms with Crippen LogP contribution in [0.1, 0.15) is 32.3 Å². The lowest BCUT2D eigenvalue weighted by Crippen LogP contribution is -2.27. The maximum atomic E-state index is 5.75. The third-order valence-corrected chi connectivity index (χ3v) is 3.87. The Hall–Kier alpha value is -1.02. The normalized spacial score (nSPS) is 17.7. The van der Waals surface area contributed by atoms with Crippen molar-refractivity contribution in [3.05, 3.63) is 29.8 Å². The molecule has 2 nitrogen and oxygen atoms in total. The summed E-state index contributed by atoms with van der Waals surface area (Å²) in [6.07, 6.45) is 2.77. The Bertz CT molecular complexity index is 354. The average Bonchev–Trinajstić information content (AvgIpc) is 2.99. The summed E-state index contributed by atoms with van der Waals surface area (Å²) in [5, 5.41) is 3.56. The monoisotopic (exact) mass is 218 g/mol. The molecule has 1 aliphatic carbocycles. The highest BCUT2D eigenvalue weighted by Gasteiger charge is 2.44. The lowest BCUT2D eigenvalue weighted by atomic mass is 9.92. The Morgan fingerprint density at radius 2 is 2.12 bits per heavy atom. The smallest absolute Gasteiger partial charge is 0.0317 e. The molecule has 0 aromatic heterocycles. The molecule has 1 aliphatic rings. The van der Waals surface area contributed by atoms with E-state index in [-0.39, 0.29) is 0 Å². The van der Waals surface area contributed by atoms with E-state index in [9.17, 15) is 0 Å². The fourth-order valence-electron chi connectivity index (χ4n) is 2.28. The number of hydrogen-bond donors (Lipinski definition) is 2. The molecule has 0 bridgehead atoms. The highest BCUT2D eigenvalue weighted by Crippen LogP contribution is 2.51. The van der Waals surface area contributed by atoms with Crippen molar-refractivity contribution < 1.29 is 0 Å². The lowest BCUT2D eigenvalue weighted by Gasteiger charge is -2.20. The van der Waals surface area contributed by atoms with Gasteiger partial charge in [-0.1, -0.05) is 26.0 Å². The van der Waals surface area contributed by atoms with Crippen LogP contribution in [-0.4, -0.2) is 6.54 Å². The average molecular weight is 218 g/mol. The van der Waals surface area contributed by atoms with Crippen molar-refractivity contribution in [3.8, 4) is 0 Å². The summed E-state index contributed by atoms with van der Waals surface area (Å²) in [6, 6.07) is 8.11. The molecule has 0 heterocycles. The van der Waals surface area contributed by atoms with Crippen LogP contribution in [0.5, 0.6) is 0 Å². The Balaban J connectivity index is 1.80. The second-order valence-electron chi connectivity index (χ2n) is 5.37. The largest absolute Gasteiger partial charge is 0.399 e. The fourth-order valence-corrected chi connectivity index (χ4v) is 2.28. The molecule has 1 fully saturated rings. The van der Waals surface area contributed by atoms with Crippen molar-refractivity contribution in [1.29, 1.82) is 0 Å². The molecular formula is C14H22N2. The summed E-state index contributed by atoms with van der Waals surface area (Å²) < 4.78 is 0. The van der Waals surface area contributed by atoms with Crippen LogP contribution < -0.4 is 11.1 Å². The Kier molecular flexibility index (Phi) is 3.20. The topological polar surface area (TPSA) is 38.0 Å². The van der Waals surface area contributed by atoms with Crippen LogP contribution in [0.25, 0.3) is 0 Å². The summed E-state index contributed by atoms with van der Waals surface area (Å²) in [4.78, 5) is 0. The third kappa shape index (κ3) is 2.56. The van der Waals surface area contributed by atoms with Crippen LogP contribution in [-0.2, 0) is 6.54 Å². The first-order chi connectivity index (χ1) is 7.62. The van der Waals surface area contributed by atoms with Gasteiger partial charge in [-0.15, -0.1) is 0 Å². The number of nitrogens with one attached hydrogen (secondary N) is 1. The van der Waals surface area contributed by atoms with E-state index in [1.54, 1.807) is 0 Å². The van der Waals surface area contributed by atoms with Gasteiger partial charge in [0.15, 0.2) is 0 Å². The second kappa shape index (κ2) is 4.46. The first-order valence-electron chi connectivity index (χ1n) is 6.17. The maximum Gasteiger partial charge on any atom is 0.0317 e. The highest BCUT2D eigenvalue weighted by atomic mass is 14.9. The molecular weight excluding hydrogens is 196 g/mol. The number of benzene rings is 1. The van der Waals surface area contributed by atoms with Crippen LogP contribution in [0.4, 0.5) is 5.69 Å². The number of rotatable bonds is 5. The summed E-state index contributed by atoms with van der Waals surface area (Å²) >= 11 is 0. The van der Waals surface area contributed by atoms with Gasteiger partial charge in [-0.3, -0.25) is 0 Å². The first kappa shape index (κ1) is 11.5. The summed E-state index contributed by atoms with van der Waals surface area (Å²) in [5.74, 6) is 0.792. The molecule has 0 aliphatic heterocycles. The molecule has 0 unspecified atom stereocenters. The van der Waals surface area contributed by atoms with Crippen molar-refractivity contribution >= 4 is 5.69 Å². The third-order valence-electron chi connectivity index (χ3n) is 3.87. The predicted molar refractivity (Wildman–Crippen MR) is 69.1 cm³/mol. The van der Waals surface area contributed by atoms with E-state index >= 15 is 0 Å². The minimum absolute atomic E-state index is 0.584. The Morgan fingerprint density at radius 1 is 1.38 bits per heavy atom.